The number of aromatic nitrogens is 1. The molecule has 3 nitrogen and oxygen atoms in total. The first-order chi connectivity index (χ1) is 5.39. The summed E-state index contributed by atoms with van der Waals surface area (Å²) in [5, 5.41) is 9.62. The van der Waals surface area contributed by atoms with Gasteiger partial charge in [0.15, 0.2) is 0 Å². The fraction of sp³-hybridized carbons (Fsp3) is 0.444. The second-order valence-corrected chi connectivity index (χ2v) is 3.51. The Balaban J connectivity index is 3.18. The molecule has 3 N–H and O–H groups in total. The number of nitrogens with two attached hydrogens (primary N) is 1. The number of aliphatic hydroxyl groups is 1. The van der Waals surface area contributed by atoms with Crippen LogP contribution in [-0.2, 0) is 5.60 Å². The first-order valence-corrected chi connectivity index (χ1v) is 3.86. The van der Waals surface area contributed by atoms with Crippen molar-refractivity contribution in [3.63, 3.8) is 0 Å². The van der Waals surface area contributed by atoms with E-state index >= 15 is 0 Å². The highest BCUT2D eigenvalue weighted by Crippen LogP contribution is 2.19. The van der Waals surface area contributed by atoms with Crippen molar-refractivity contribution in [2.24, 2.45) is 0 Å². The van der Waals surface area contributed by atoms with Crippen LogP contribution in [0, 0.1) is 6.92 Å². The zero-order valence-corrected chi connectivity index (χ0v) is 7.63. The third-order valence-corrected chi connectivity index (χ3v) is 1.62. The van der Waals surface area contributed by atoms with E-state index in [1.165, 1.54) is 0 Å². The summed E-state index contributed by atoms with van der Waals surface area (Å²) in [6.45, 7) is 5.30. The van der Waals surface area contributed by atoms with Crippen LogP contribution in [0.25, 0.3) is 0 Å². The molecule has 0 unspecified atom stereocenters. The minimum Gasteiger partial charge on any atom is -0.384 e. The molecule has 1 heterocycles. The highest BCUT2D eigenvalue weighted by atomic mass is 16.3. The van der Waals surface area contributed by atoms with Gasteiger partial charge in [-0.1, -0.05) is 0 Å². The summed E-state index contributed by atoms with van der Waals surface area (Å²) in [5.74, 6) is 0.451. The molecule has 0 saturated carbocycles. The number of hydrogen-bond donors (Lipinski definition) is 2. The molecule has 0 aliphatic rings. The molecule has 0 aromatic carbocycles. The topological polar surface area (TPSA) is 59.1 Å². The van der Waals surface area contributed by atoms with Gasteiger partial charge in [0, 0.05) is 0 Å². The monoisotopic (exact) mass is 166 g/mol. The zero-order chi connectivity index (χ0) is 9.35. The van der Waals surface area contributed by atoms with E-state index in [-0.39, 0.29) is 0 Å². The van der Waals surface area contributed by atoms with Gasteiger partial charge < -0.3 is 10.8 Å². The molecule has 1 aromatic heterocycles. The van der Waals surface area contributed by atoms with Crippen molar-refractivity contribution in [1.29, 1.82) is 0 Å². The maximum Gasteiger partial charge on any atom is 0.124 e. The Bertz CT molecular complexity index is 269. The van der Waals surface area contributed by atoms with Crippen molar-refractivity contribution in [3.8, 4) is 0 Å². The Hall–Kier alpha value is -1.09. The molecule has 0 bridgehead atoms. The van der Waals surface area contributed by atoms with Crippen LogP contribution in [0.1, 0.15) is 25.1 Å². The van der Waals surface area contributed by atoms with Gasteiger partial charge in [-0.25, -0.2) is 4.98 Å². The molecule has 0 fully saturated rings. The van der Waals surface area contributed by atoms with E-state index in [1.54, 1.807) is 19.9 Å². The van der Waals surface area contributed by atoms with Crippen LogP contribution in [-0.4, -0.2) is 10.1 Å². The van der Waals surface area contributed by atoms with Crippen molar-refractivity contribution in [2.45, 2.75) is 26.4 Å². The molecule has 12 heavy (non-hydrogen) atoms. The van der Waals surface area contributed by atoms with Gasteiger partial charge in [-0.15, -0.1) is 0 Å². The van der Waals surface area contributed by atoms with Gasteiger partial charge in [0.25, 0.3) is 0 Å². The Morgan fingerprint density at radius 3 is 2.42 bits per heavy atom. The average molecular weight is 166 g/mol. The summed E-state index contributed by atoms with van der Waals surface area (Å²) in [5.41, 5.74) is 6.24. The summed E-state index contributed by atoms with van der Waals surface area (Å²) < 4.78 is 0. The first kappa shape index (κ1) is 9.00. The zero-order valence-electron chi connectivity index (χ0n) is 7.63. The van der Waals surface area contributed by atoms with Gasteiger partial charge in [0.05, 0.1) is 5.69 Å². The molecule has 0 spiro atoms. The van der Waals surface area contributed by atoms with E-state index in [2.05, 4.69) is 4.98 Å². The van der Waals surface area contributed by atoms with Gasteiger partial charge in [-0.3, -0.25) is 0 Å². The standard InChI is InChI=1S/C9H14N2O/c1-6-4-7(9(2,3)12)11-8(10)5-6/h4-5,12H,1-3H3,(H2,10,11). The number of rotatable bonds is 1. The minimum absolute atomic E-state index is 0.451. The molecule has 0 amide bonds. The molecule has 3 heteroatoms. The predicted molar refractivity (Wildman–Crippen MR) is 48.6 cm³/mol. The highest BCUT2D eigenvalue weighted by molar-refractivity contribution is 5.35. The lowest BCUT2D eigenvalue weighted by atomic mass is 10.0. The fourth-order valence-corrected chi connectivity index (χ4v) is 1.01. The molecule has 1 aromatic rings. The number of hydrogen-bond acceptors (Lipinski definition) is 3. The fourth-order valence-electron chi connectivity index (χ4n) is 1.01. The largest absolute Gasteiger partial charge is 0.384 e. The van der Waals surface area contributed by atoms with Crippen molar-refractivity contribution in [3.05, 3.63) is 23.4 Å². The van der Waals surface area contributed by atoms with E-state index in [0.717, 1.165) is 5.56 Å². The van der Waals surface area contributed by atoms with Gasteiger partial charge >= 0.3 is 0 Å². The summed E-state index contributed by atoms with van der Waals surface area (Å²) >= 11 is 0. The molecule has 0 aliphatic heterocycles. The molecular weight excluding hydrogens is 152 g/mol. The second-order valence-electron chi connectivity index (χ2n) is 3.51. The van der Waals surface area contributed by atoms with Crippen LogP contribution < -0.4 is 5.73 Å². The van der Waals surface area contributed by atoms with Crippen LogP contribution >= 0.6 is 0 Å². The summed E-state index contributed by atoms with van der Waals surface area (Å²) in [6.07, 6.45) is 0. The summed E-state index contributed by atoms with van der Waals surface area (Å²) in [4.78, 5) is 4.03. The number of anilines is 1. The molecule has 1 rings (SSSR count). The SMILES string of the molecule is Cc1cc(N)nc(C(C)(C)O)c1. The normalized spacial score (nSPS) is 11.7. The van der Waals surface area contributed by atoms with Crippen LogP contribution in [0.3, 0.4) is 0 Å². The maximum absolute atomic E-state index is 9.62. The third-order valence-electron chi connectivity index (χ3n) is 1.62. The number of aryl methyl sites for hydroxylation is 1. The van der Waals surface area contributed by atoms with Crippen molar-refractivity contribution >= 4 is 5.82 Å². The lowest BCUT2D eigenvalue weighted by Crippen LogP contribution is -2.18. The quantitative estimate of drug-likeness (QED) is 0.659. The van der Waals surface area contributed by atoms with Crippen molar-refractivity contribution in [2.75, 3.05) is 5.73 Å². The van der Waals surface area contributed by atoms with E-state index in [4.69, 9.17) is 5.73 Å². The first-order valence-electron chi connectivity index (χ1n) is 3.86. The van der Waals surface area contributed by atoms with E-state index in [9.17, 15) is 5.11 Å². The molecule has 0 aliphatic carbocycles. The Morgan fingerprint density at radius 1 is 1.42 bits per heavy atom. The van der Waals surface area contributed by atoms with Gasteiger partial charge in [-0.2, -0.15) is 0 Å². The molecule has 0 atom stereocenters. The molecule has 66 valence electrons. The van der Waals surface area contributed by atoms with Gasteiger partial charge in [-0.05, 0) is 38.5 Å². The van der Waals surface area contributed by atoms with Crippen LogP contribution in [0.2, 0.25) is 0 Å². The Kier molecular flexibility index (Phi) is 2.06. The van der Waals surface area contributed by atoms with E-state index in [1.807, 2.05) is 13.0 Å². The van der Waals surface area contributed by atoms with E-state index < -0.39 is 5.60 Å². The highest BCUT2D eigenvalue weighted by Gasteiger charge is 2.17. The van der Waals surface area contributed by atoms with Gasteiger partial charge in [0.1, 0.15) is 11.4 Å². The molecule has 0 radical (unpaired) electrons. The van der Waals surface area contributed by atoms with Crippen LogP contribution in [0.15, 0.2) is 12.1 Å². The second kappa shape index (κ2) is 2.75. The van der Waals surface area contributed by atoms with E-state index in [0.29, 0.717) is 11.5 Å². The molecular formula is C9H14N2O. The minimum atomic E-state index is -0.917. The third kappa shape index (κ3) is 1.95. The number of pyridine rings is 1. The molecule has 0 saturated heterocycles. The lowest BCUT2D eigenvalue weighted by molar-refractivity contribution is 0.0739. The van der Waals surface area contributed by atoms with Gasteiger partial charge in [0.2, 0.25) is 0 Å². The lowest BCUT2D eigenvalue weighted by Gasteiger charge is -2.17. The smallest absolute Gasteiger partial charge is 0.124 e. The van der Waals surface area contributed by atoms with Crippen molar-refractivity contribution in [1.82, 2.24) is 4.98 Å². The number of nitrogens with zero attached hydrogens (tertiary/aromatic N) is 1. The number of nitrogen functional groups attached to an aromatic ring is 1. The Labute approximate surface area is 72.2 Å². The van der Waals surface area contributed by atoms with Crippen LogP contribution in [0.5, 0.6) is 0 Å². The predicted octanol–water partition coefficient (Wildman–Crippen LogP) is 1.20. The summed E-state index contributed by atoms with van der Waals surface area (Å²) in [7, 11) is 0. The average Bonchev–Trinajstić information content (AvgIpc) is 1.82. The Morgan fingerprint density at radius 2 is 2.00 bits per heavy atom. The van der Waals surface area contributed by atoms with Crippen LogP contribution in [0.4, 0.5) is 5.82 Å². The van der Waals surface area contributed by atoms with Crippen molar-refractivity contribution < 1.29 is 5.11 Å². The summed E-state index contributed by atoms with van der Waals surface area (Å²) in [6, 6.07) is 3.60. The maximum atomic E-state index is 9.62.